The molecule has 14 heavy (non-hydrogen) atoms. The Kier molecular flexibility index (Phi) is 2.57. The van der Waals surface area contributed by atoms with Crippen molar-refractivity contribution in [3.63, 3.8) is 0 Å². The lowest BCUT2D eigenvalue weighted by atomic mass is 9.80. The van der Waals surface area contributed by atoms with Gasteiger partial charge in [-0.05, 0) is 31.0 Å². The Morgan fingerprint density at radius 2 is 2.07 bits per heavy atom. The molecule has 0 heterocycles. The fraction of sp³-hybridized carbons (Fsp3) is 0.500. The van der Waals surface area contributed by atoms with Gasteiger partial charge in [-0.1, -0.05) is 24.3 Å². The highest BCUT2D eigenvalue weighted by Gasteiger charge is 2.30. The Bertz CT molecular complexity index is 324. The number of aryl methyl sites for hydroxylation is 1. The summed E-state index contributed by atoms with van der Waals surface area (Å²) in [5.74, 6) is 0. The number of benzene rings is 1. The van der Waals surface area contributed by atoms with Gasteiger partial charge in [0, 0.05) is 13.0 Å². The first-order valence-corrected chi connectivity index (χ1v) is 5.17. The second-order valence-corrected chi connectivity index (χ2v) is 4.20. The zero-order valence-corrected chi connectivity index (χ0v) is 8.59. The van der Waals surface area contributed by atoms with Crippen molar-refractivity contribution in [2.24, 2.45) is 0 Å². The predicted octanol–water partition coefficient (Wildman–Crippen LogP) is 1.13. The van der Waals surface area contributed by atoms with Crippen LogP contribution < -0.4 is 5.32 Å². The van der Waals surface area contributed by atoms with Crippen LogP contribution >= 0.6 is 0 Å². The van der Waals surface area contributed by atoms with Crippen LogP contribution in [0.4, 0.5) is 0 Å². The van der Waals surface area contributed by atoms with E-state index in [0.717, 1.165) is 19.3 Å². The molecule has 0 aliphatic heterocycles. The standard InChI is InChI=1S/C12H17NO/c1-13-9-12(14)7-6-10-4-2-3-5-11(10)8-12/h2-5,13-14H,6-9H2,1H3/t12-/m0/s1. The second kappa shape index (κ2) is 3.71. The summed E-state index contributed by atoms with van der Waals surface area (Å²) in [5.41, 5.74) is 2.16. The fourth-order valence-electron chi connectivity index (χ4n) is 2.26. The first kappa shape index (κ1) is 9.69. The lowest BCUT2D eigenvalue weighted by molar-refractivity contribution is 0.0286. The zero-order chi connectivity index (χ0) is 10.0. The van der Waals surface area contributed by atoms with Crippen LogP contribution in [0.3, 0.4) is 0 Å². The summed E-state index contributed by atoms with van der Waals surface area (Å²) < 4.78 is 0. The lowest BCUT2D eigenvalue weighted by Gasteiger charge is -2.33. The molecule has 0 unspecified atom stereocenters. The highest BCUT2D eigenvalue weighted by molar-refractivity contribution is 5.31. The molecule has 2 nitrogen and oxygen atoms in total. The summed E-state index contributed by atoms with van der Waals surface area (Å²) in [7, 11) is 1.89. The van der Waals surface area contributed by atoms with E-state index in [4.69, 9.17) is 0 Å². The van der Waals surface area contributed by atoms with Crippen LogP contribution in [0.2, 0.25) is 0 Å². The highest BCUT2D eigenvalue weighted by atomic mass is 16.3. The maximum atomic E-state index is 10.3. The van der Waals surface area contributed by atoms with Crippen LogP contribution in [0.1, 0.15) is 17.5 Å². The smallest absolute Gasteiger partial charge is 0.0814 e. The molecule has 0 saturated carbocycles. The van der Waals surface area contributed by atoms with Crippen molar-refractivity contribution in [2.45, 2.75) is 24.9 Å². The minimum atomic E-state index is -0.539. The molecule has 0 amide bonds. The maximum Gasteiger partial charge on any atom is 0.0814 e. The van der Waals surface area contributed by atoms with Crippen molar-refractivity contribution in [1.29, 1.82) is 0 Å². The van der Waals surface area contributed by atoms with Crippen molar-refractivity contribution in [3.8, 4) is 0 Å². The molecule has 1 atom stereocenters. The van der Waals surface area contributed by atoms with E-state index < -0.39 is 5.60 Å². The van der Waals surface area contributed by atoms with Crippen molar-refractivity contribution in [3.05, 3.63) is 35.4 Å². The van der Waals surface area contributed by atoms with Crippen LogP contribution in [-0.4, -0.2) is 24.3 Å². The molecule has 1 aliphatic rings. The molecule has 0 bridgehead atoms. The number of hydrogen-bond acceptors (Lipinski definition) is 2. The molecular formula is C12H17NO. The number of rotatable bonds is 2. The zero-order valence-electron chi connectivity index (χ0n) is 8.59. The van der Waals surface area contributed by atoms with Crippen molar-refractivity contribution < 1.29 is 5.11 Å². The Morgan fingerprint density at radius 1 is 1.36 bits per heavy atom. The van der Waals surface area contributed by atoms with Gasteiger partial charge in [0.25, 0.3) is 0 Å². The molecule has 0 saturated heterocycles. The topological polar surface area (TPSA) is 32.3 Å². The number of nitrogens with one attached hydrogen (secondary N) is 1. The normalized spacial score (nSPS) is 25.9. The fourth-order valence-corrected chi connectivity index (χ4v) is 2.26. The Balaban J connectivity index is 2.20. The molecule has 0 radical (unpaired) electrons. The predicted molar refractivity (Wildman–Crippen MR) is 57.3 cm³/mol. The Morgan fingerprint density at radius 3 is 2.79 bits per heavy atom. The molecular weight excluding hydrogens is 174 g/mol. The molecule has 1 aromatic carbocycles. The molecule has 1 aliphatic carbocycles. The van der Waals surface area contributed by atoms with E-state index in [0.29, 0.717) is 6.54 Å². The van der Waals surface area contributed by atoms with Crippen LogP contribution in [0.15, 0.2) is 24.3 Å². The van der Waals surface area contributed by atoms with Crippen LogP contribution in [0.25, 0.3) is 0 Å². The third kappa shape index (κ3) is 1.81. The SMILES string of the molecule is CNC[C@]1(O)CCc2ccccc2C1. The third-order valence-corrected chi connectivity index (χ3v) is 3.00. The van der Waals surface area contributed by atoms with Gasteiger partial charge in [-0.2, -0.15) is 0 Å². The minimum absolute atomic E-state index is 0.539. The number of likely N-dealkylation sites (N-methyl/N-ethyl adjacent to an activating group) is 1. The van der Waals surface area contributed by atoms with E-state index in [1.54, 1.807) is 0 Å². The lowest BCUT2D eigenvalue weighted by Crippen LogP contribution is -2.44. The molecule has 2 rings (SSSR count). The van der Waals surface area contributed by atoms with E-state index in [9.17, 15) is 5.11 Å². The second-order valence-electron chi connectivity index (χ2n) is 4.20. The van der Waals surface area contributed by atoms with Crippen LogP contribution in [0, 0.1) is 0 Å². The van der Waals surface area contributed by atoms with E-state index >= 15 is 0 Å². The van der Waals surface area contributed by atoms with Gasteiger partial charge in [0.15, 0.2) is 0 Å². The summed E-state index contributed by atoms with van der Waals surface area (Å²) in [6.45, 7) is 0.682. The number of hydrogen-bond donors (Lipinski definition) is 2. The van der Waals surface area contributed by atoms with Gasteiger partial charge in [-0.3, -0.25) is 0 Å². The number of aliphatic hydroxyl groups is 1. The minimum Gasteiger partial charge on any atom is -0.388 e. The molecule has 0 spiro atoms. The van der Waals surface area contributed by atoms with Gasteiger partial charge >= 0.3 is 0 Å². The number of fused-ring (bicyclic) bond motifs is 1. The van der Waals surface area contributed by atoms with E-state index in [1.165, 1.54) is 11.1 Å². The monoisotopic (exact) mass is 191 g/mol. The first-order valence-electron chi connectivity index (χ1n) is 5.17. The Labute approximate surface area is 85.0 Å². The summed E-state index contributed by atoms with van der Waals surface area (Å²) in [4.78, 5) is 0. The largest absolute Gasteiger partial charge is 0.388 e. The van der Waals surface area contributed by atoms with Gasteiger partial charge in [-0.25, -0.2) is 0 Å². The average molecular weight is 191 g/mol. The summed E-state index contributed by atoms with van der Waals surface area (Å²) in [6, 6.07) is 8.40. The van der Waals surface area contributed by atoms with E-state index in [1.807, 2.05) is 13.1 Å². The van der Waals surface area contributed by atoms with Crippen LogP contribution in [-0.2, 0) is 12.8 Å². The van der Waals surface area contributed by atoms with E-state index in [2.05, 4.69) is 23.5 Å². The molecule has 0 aromatic heterocycles. The van der Waals surface area contributed by atoms with Gasteiger partial charge in [0.2, 0.25) is 0 Å². The van der Waals surface area contributed by atoms with Crippen LogP contribution in [0.5, 0.6) is 0 Å². The van der Waals surface area contributed by atoms with Crippen molar-refractivity contribution >= 4 is 0 Å². The average Bonchev–Trinajstić information content (AvgIpc) is 2.17. The molecule has 2 heteroatoms. The third-order valence-electron chi connectivity index (χ3n) is 3.00. The summed E-state index contributed by atoms with van der Waals surface area (Å²) >= 11 is 0. The highest BCUT2D eigenvalue weighted by Crippen LogP contribution is 2.27. The van der Waals surface area contributed by atoms with Gasteiger partial charge in [0.05, 0.1) is 5.60 Å². The first-order chi connectivity index (χ1) is 6.73. The van der Waals surface area contributed by atoms with Gasteiger partial charge < -0.3 is 10.4 Å². The molecule has 0 fully saturated rings. The van der Waals surface area contributed by atoms with Gasteiger partial charge in [-0.15, -0.1) is 0 Å². The Hall–Kier alpha value is -0.860. The summed E-state index contributed by atoms with van der Waals surface area (Å²) in [6.07, 6.45) is 2.64. The quantitative estimate of drug-likeness (QED) is 0.734. The molecule has 1 aromatic rings. The maximum absolute atomic E-state index is 10.3. The van der Waals surface area contributed by atoms with Gasteiger partial charge in [0.1, 0.15) is 0 Å². The van der Waals surface area contributed by atoms with Crippen molar-refractivity contribution in [1.82, 2.24) is 5.32 Å². The van der Waals surface area contributed by atoms with Crippen molar-refractivity contribution in [2.75, 3.05) is 13.6 Å². The summed E-state index contributed by atoms with van der Waals surface area (Å²) in [5, 5.41) is 13.3. The van der Waals surface area contributed by atoms with E-state index in [-0.39, 0.29) is 0 Å². The molecule has 2 N–H and O–H groups in total. The molecule has 76 valence electrons.